The molecule has 214 valence electrons. The second kappa shape index (κ2) is 19.0. The molecule has 1 aliphatic rings. The molecule has 1 fully saturated rings. The van der Waals surface area contributed by atoms with E-state index >= 15 is 0 Å². The Morgan fingerprint density at radius 1 is 0.757 bits per heavy atom. The number of amides is 4. The maximum absolute atomic E-state index is 13.2. The maximum Gasteiger partial charge on any atom is 0.243 e. The molecule has 9 nitrogen and oxygen atoms in total. The van der Waals surface area contributed by atoms with Crippen LogP contribution in [0.25, 0.3) is 0 Å². The smallest absolute Gasteiger partial charge is 0.243 e. The summed E-state index contributed by atoms with van der Waals surface area (Å²) in [5.74, 6) is -1.48. The summed E-state index contributed by atoms with van der Waals surface area (Å²) in [6.07, 6.45) is 10.9. The third-order valence-corrected chi connectivity index (χ3v) is 6.75. The van der Waals surface area contributed by atoms with Gasteiger partial charge in [0.15, 0.2) is 0 Å². The third kappa shape index (κ3) is 15.0. The van der Waals surface area contributed by atoms with Crippen LogP contribution in [0, 0.1) is 5.92 Å². The fourth-order valence-electron chi connectivity index (χ4n) is 4.51. The number of carbonyl (C=O) groups excluding carboxylic acids is 4. The van der Waals surface area contributed by atoms with Gasteiger partial charge in [0, 0.05) is 18.5 Å². The quantitative estimate of drug-likeness (QED) is 0.211. The van der Waals surface area contributed by atoms with Crippen LogP contribution in [0.2, 0.25) is 0 Å². The van der Waals surface area contributed by atoms with Crippen molar-refractivity contribution in [1.29, 1.82) is 0 Å². The minimum atomic E-state index is -0.762. The summed E-state index contributed by atoms with van der Waals surface area (Å²) in [7, 11) is 0. The first-order valence-corrected chi connectivity index (χ1v) is 14.5. The van der Waals surface area contributed by atoms with Gasteiger partial charge < -0.3 is 26.6 Å². The Balaban J connectivity index is 2.83. The van der Waals surface area contributed by atoms with Gasteiger partial charge in [0.25, 0.3) is 0 Å². The summed E-state index contributed by atoms with van der Waals surface area (Å²) in [5, 5.41) is 14.6. The molecular formula is C28H53N5O4. The Morgan fingerprint density at radius 3 is 2.05 bits per heavy atom. The van der Waals surface area contributed by atoms with Crippen LogP contribution in [0.5, 0.6) is 0 Å². The summed E-state index contributed by atoms with van der Waals surface area (Å²) < 4.78 is 0. The molecule has 0 aliphatic carbocycles. The van der Waals surface area contributed by atoms with Crippen molar-refractivity contribution in [1.82, 2.24) is 26.6 Å². The van der Waals surface area contributed by atoms with Gasteiger partial charge in [-0.25, -0.2) is 0 Å². The molecule has 37 heavy (non-hydrogen) atoms. The Hall–Kier alpha value is -2.16. The number of rotatable bonds is 15. The molecule has 1 rings (SSSR count). The van der Waals surface area contributed by atoms with E-state index in [2.05, 4.69) is 47.4 Å². The van der Waals surface area contributed by atoms with Crippen molar-refractivity contribution < 1.29 is 19.2 Å². The van der Waals surface area contributed by atoms with Crippen LogP contribution in [0.3, 0.4) is 0 Å². The lowest BCUT2D eigenvalue weighted by Gasteiger charge is -2.27. The number of hydrogen-bond donors (Lipinski definition) is 5. The largest absolute Gasteiger partial charge is 0.351 e. The first-order valence-electron chi connectivity index (χ1n) is 14.5. The van der Waals surface area contributed by atoms with E-state index in [-0.39, 0.29) is 42.6 Å². The van der Waals surface area contributed by atoms with Crippen molar-refractivity contribution in [3.8, 4) is 0 Å². The van der Waals surface area contributed by atoms with Gasteiger partial charge in [-0.3, -0.25) is 19.2 Å². The van der Waals surface area contributed by atoms with Crippen LogP contribution < -0.4 is 26.6 Å². The highest BCUT2D eigenvalue weighted by Gasteiger charge is 2.30. The van der Waals surface area contributed by atoms with E-state index in [0.717, 1.165) is 38.6 Å². The zero-order chi connectivity index (χ0) is 27.6. The highest BCUT2D eigenvalue weighted by Crippen LogP contribution is 2.13. The molecule has 3 atom stereocenters. The minimum Gasteiger partial charge on any atom is -0.351 e. The van der Waals surface area contributed by atoms with Crippen molar-refractivity contribution in [2.24, 2.45) is 5.92 Å². The monoisotopic (exact) mass is 523 g/mol. The van der Waals surface area contributed by atoms with Gasteiger partial charge in [0.1, 0.15) is 12.1 Å². The molecule has 0 bridgehead atoms. The lowest BCUT2D eigenvalue weighted by Crippen LogP contribution is -2.56. The number of carbonyl (C=O) groups is 4. The molecule has 0 aromatic heterocycles. The van der Waals surface area contributed by atoms with Crippen LogP contribution in [0.1, 0.15) is 112 Å². The number of nitrogens with one attached hydrogen (secondary N) is 5. The molecule has 4 amide bonds. The van der Waals surface area contributed by atoms with Crippen molar-refractivity contribution in [2.75, 3.05) is 13.1 Å². The first-order chi connectivity index (χ1) is 17.6. The van der Waals surface area contributed by atoms with E-state index < -0.39 is 18.0 Å². The fraction of sp³-hybridized carbons (Fsp3) is 0.857. The van der Waals surface area contributed by atoms with Gasteiger partial charge in [0.05, 0.1) is 6.54 Å². The number of hydrogen-bond acceptors (Lipinski definition) is 5. The number of unbranched alkanes of at least 4 members (excludes halogenated alkanes) is 7. The molecule has 9 heteroatoms. The lowest BCUT2D eigenvalue weighted by atomic mass is 9.99. The van der Waals surface area contributed by atoms with Crippen LogP contribution in [0.15, 0.2) is 0 Å². The lowest BCUT2D eigenvalue weighted by molar-refractivity contribution is -0.133. The molecule has 0 saturated carbocycles. The Kier molecular flexibility index (Phi) is 16.9. The Bertz CT molecular complexity index is 698. The Morgan fingerprint density at radius 2 is 1.41 bits per heavy atom. The van der Waals surface area contributed by atoms with Crippen molar-refractivity contribution in [3.63, 3.8) is 0 Å². The average molecular weight is 524 g/mol. The topological polar surface area (TPSA) is 128 Å². The van der Waals surface area contributed by atoms with Crippen LogP contribution >= 0.6 is 0 Å². The molecule has 1 heterocycles. The second-order valence-corrected chi connectivity index (χ2v) is 11.1. The van der Waals surface area contributed by atoms with Crippen molar-refractivity contribution in [3.05, 3.63) is 0 Å². The van der Waals surface area contributed by atoms with E-state index in [1.54, 1.807) is 0 Å². The van der Waals surface area contributed by atoms with Gasteiger partial charge in [-0.1, -0.05) is 79.6 Å². The van der Waals surface area contributed by atoms with Crippen molar-refractivity contribution >= 4 is 23.6 Å². The summed E-state index contributed by atoms with van der Waals surface area (Å²) >= 11 is 0. The molecule has 0 aromatic carbocycles. The summed E-state index contributed by atoms with van der Waals surface area (Å²) in [4.78, 5) is 51.5. The average Bonchev–Trinajstić information content (AvgIpc) is 2.83. The van der Waals surface area contributed by atoms with Gasteiger partial charge in [0.2, 0.25) is 23.6 Å². The molecule has 2 unspecified atom stereocenters. The third-order valence-electron chi connectivity index (χ3n) is 6.75. The van der Waals surface area contributed by atoms with E-state index in [9.17, 15) is 19.2 Å². The van der Waals surface area contributed by atoms with Gasteiger partial charge in [-0.15, -0.1) is 0 Å². The Labute approximate surface area is 224 Å². The summed E-state index contributed by atoms with van der Waals surface area (Å²) in [6.45, 7) is 10.7. The van der Waals surface area contributed by atoms with Crippen LogP contribution in [-0.2, 0) is 19.2 Å². The normalized spacial score (nSPS) is 22.0. The molecule has 1 aliphatic heterocycles. The standard InChI is InChI=1S/C28H53N5O4/c1-6-7-8-9-10-11-12-15-22-18-24(34)30-19-25(35)32-23(16-13-14-17-29-21(4)5)27(36)33-26(20(2)3)28(37)31-22/h20-23,26,29H,6-19H2,1-5H3,(H,30,34)(H,31,37)(H,32,35)(H,33,36)/t22?,23-,26?/m0/s1. The predicted octanol–water partition coefficient (Wildman–Crippen LogP) is 2.93. The summed E-state index contributed by atoms with van der Waals surface area (Å²) in [5.41, 5.74) is 0. The first kappa shape index (κ1) is 32.9. The molecular weight excluding hydrogens is 470 g/mol. The predicted molar refractivity (Wildman–Crippen MR) is 148 cm³/mol. The SMILES string of the molecule is CCCCCCCCCC1CC(=O)NCC(=O)N[C@@H](CCCCNC(C)C)C(=O)NC(C(C)C)C(=O)N1. The maximum atomic E-state index is 13.2. The summed E-state index contributed by atoms with van der Waals surface area (Å²) in [6, 6.07) is -1.46. The van der Waals surface area contributed by atoms with Gasteiger partial charge in [-0.2, -0.15) is 0 Å². The van der Waals surface area contributed by atoms with Gasteiger partial charge in [-0.05, 0) is 38.1 Å². The molecule has 0 radical (unpaired) electrons. The van der Waals surface area contributed by atoms with E-state index in [0.29, 0.717) is 18.9 Å². The molecule has 5 N–H and O–H groups in total. The molecule has 0 spiro atoms. The van der Waals surface area contributed by atoms with E-state index in [1.807, 2.05) is 13.8 Å². The zero-order valence-electron chi connectivity index (χ0n) is 23.9. The van der Waals surface area contributed by atoms with Crippen molar-refractivity contribution in [2.45, 2.75) is 136 Å². The highest BCUT2D eigenvalue weighted by atomic mass is 16.2. The van der Waals surface area contributed by atoms with Gasteiger partial charge >= 0.3 is 0 Å². The van der Waals surface area contributed by atoms with E-state index in [4.69, 9.17) is 0 Å². The highest BCUT2D eigenvalue weighted by molar-refractivity contribution is 5.94. The van der Waals surface area contributed by atoms with Crippen LogP contribution in [-0.4, -0.2) is 60.9 Å². The fourth-order valence-corrected chi connectivity index (χ4v) is 4.51. The van der Waals surface area contributed by atoms with E-state index in [1.165, 1.54) is 25.7 Å². The molecule has 1 saturated heterocycles. The second-order valence-electron chi connectivity index (χ2n) is 11.1. The zero-order valence-corrected chi connectivity index (χ0v) is 23.9. The minimum absolute atomic E-state index is 0.111. The molecule has 0 aromatic rings. The van der Waals surface area contributed by atoms with Crippen LogP contribution in [0.4, 0.5) is 0 Å².